The molecule has 102 valence electrons. The van der Waals surface area contributed by atoms with Crippen LogP contribution < -0.4 is 0 Å². The van der Waals surface area contributed by atoms with Crippen molar-refractivity contribution in [3.63, 3.8) is 0 Å². The topological polar surface area (TPSA) is 50.9 Å². The van der Waals surface area contributed by atoms with E-state index in [0.29, 0.717) is 6.04 Å². The lowest BCUT2D eigenvalue weighted by atomic mass is 10.3. The van der Waals surface area contributed by atoms with E-state index in [9.17, 15) is 0 Å². The number of hydrogen-bond donors (Lipinski definition) is 1. The van der Waals surface area contributed by atoms with Gasteiger partial charge in [-0.15, -0.1) is 21.5 Å². The summed E-state index contributed by atoms with van der Waals surface area (Å²) < 4.78 is 2.31. The van der Waals surface area contributed by atoms with Crippen LogP contribution in [0.15, 0.2) is 22.7 Å². The van der Waals surface area contributed by atoms with Crippen molar-refractivity contribution < 1.29 is 5.11 Å². The number of thioether (sulfide) groups is 1. The molecular weight excluding hydrogens is 278 g/mol. The van der Waals surface area contributed by atoms with Crippen molar-refractivity contribution in [2.45, 2.75) is 36.9 Å². The summed E-state index contributed by atoms with van der Waals surface area (Å²) in [6, 6.07) is 4.82. The molecule has 0 aromatic carbocycles. The highest BCUT2D eigenvalue weighted by atomic mass is 32.2. The molecule has 1 aliphatic rings. The Bertz CT molecular complexity index is 520. The van der Waals surface area contributed by atoms with E-state index >= 15 is 0 Å². The van der Waals surface area contributed by atoms with Crippen molar-refractivity contribution in [2.75, 3.05) is 12.4 Å². The molecule has 0 bridgehead atoms. The van der Waals surface area contributed by atoms with Crippen molar-refractivity contribution in [3.05, 3.63) is 28.2 Å². The van der Waals surface area contributed by atoms with Crippen molar-refractivity contribution in [2.24, 2.45) is 0 Å². The number of hydrogen-bond acceptors (Lipinski definition) is 5. The quantitative estimate of drug-likeness (QED) is 0.630. The van der Waals surface area contributed by atoms with Crippen LogP contribution in [0.25, 0.3) is 0 Å². The molecule has 2 heterocycles. The van der Waals surface area contributed by atoms with E-state index in [1.54, 1.807) is 23.1 Å². The second-order valence-electron chi connectivity index (χ2n) is 4.68. The van der Waals surface area contributed by atoms with Crippen molar-refractivity contribution >= 4 is 23.1 Å². The molecule has 0 radical (unpaired) electrons. The molecule has 0 aliphatic heterocycles. The second-order valence-corrected chi connectivity index (χ2v) is 6.78. The van der Waals surface area contributed by atoms with Gasteiger partial charge in [0.15, 0.2) is 5.16 Å². The predicted molar refractivity (Wildman–Crippen MR) is 77.8 cm³/mol. The number of aromatic nitrogens is 3. The zero-order chi connectivity index (χ0) is 13.1. The Morgan fingerprint density at radius 3 is 3.00 bits per heavy atom. The smallest absolute Gasteiger partial charge is 0.191 e. The molecule has 1 fully saturated rings. The molecule has 1 aliphatic carbocycles. The molecule has 0 unspecified atom stereocenters. The van der Waals surface area contributed by atoms with Crippen LogP contribution in [0.3, 0.4) is 0 Å². The first-order valence-electron chi connectivity index (χ1n) is 6.58. The standard InChI is InChI=1S/C13H17N3OS2/c17-6-2-8-19-13-15-14-12(16(13)10-4-5-10)9-11-3-1-7-18-11/h1,3,7,10,17H,2,4-6,8-9H2. The highest BCUT2D eigenvalue weighted by molar-refractivity contribution is 7.99. The van der Waals surface area contributed by atoms with Crippen LogP contribution in [0.1, 0.15) is 36.0 Å². The van der Waals surface area contributed by atoms with Gasteiger partial charge in [-0.25, -0.2) is 0 Å². The molecule has 2 aromatic rings. The number of rotatable bonds is 7. The third-order valence-corrected chi connectivity index (χ3v) is 5.00. The summed E-state index contributed by atoms with van der Waals surface area (Å²) in [6.07, 6.45) is 4.16. The Morgan fingerprint density at radius 1 is 1.42 bits per heavy atom. The van der Waals surface area contributed by atoms with Crippen LogP contribution in [-0.2, 0) is 6.42 Å². The van der Waals surface area contributed by atoms with Gasteiger partial charge in [0.25, 0.3) is 0 Å². The fraction of sp³-hybridized carbons (Fsp3) is 0.538. The number of nitrogens with zero attached hydrogens (tertiary/aromatic N) is 3. The Labute approximate surface area is 120 Å². The highest BCUT2D eigenvalue weighted by Gasteiger charge is 2.29. The predicted octanol–water partition coefficient (Wildman–Crippen LogP) is 2.74. The van der Waals surface area contributed by atoms with Gasteiger partial charge in [0, 0.05) is 29.7 Å². The molecule has 0 saturated heterocycles. The second kappa shape index (κ2) is 6.07. The summed E-state index contributed by atoms with van der Waals surface area (Å²) >= 11 is 3.47. The van der Waals surface area contributed by atoms with E-state index in [4.69, 9.17) is 5.11 Å². The number of aliphatic hydroxyl groups excluding tert-OH is 1. The molecule has 0 atom stereocenters. The van der Waals surface area contributed by atoms with E-state index in [2.05, 4.69) is 32.3 Å². The fourth-order valence-electron chi connectivity index (χ4n) is 2.02. The molecule has 2 aromatic heterocycles. The van der Waals surface area contributed by atoms with Crippen LogP contribution in [0.4, 0.5) is 0 Å². The molecule has 1 saturated carbocycles. The first-order valence-corrected chi connectivity index (χ1v) is 8.45. The molecular formula is C13H17N3OS2. The normalized spacial score (nSPS) is 15.0. The maximum Gasteiger partial charge on any atom is 0.191 e. The van der Waals surface area contributed by atoms with Crippen LogP contribution >= 0.6 is 23.1 Å². The van der Waals surface area contributed by atoms with Crippen molar-refractivity contribution in [3.8, 4) is 0 Å². The maximum atomic E-state index is 8.86. The molecule has 19 heavy (non-hydrogen) atoms. The monoisotopic (exact) mass is 295 g/mol. The first kappa shape index (κ1) is 13.1. The maximum absolute atomic E-state index is 8.86. The molecule has 4 nitrogen and oxygen atoms in total. The van der Waals surface area contributed by atoms with Gasteiger partial charge in [-0.2, -0.15) is 0 Å². The lowest BCUT2D eigenvalue weighted by molar-refractivity contribution is 0.296. The van der Waals surface area contributed by atoms with Crippen LogP contribution in [0, 0.1) is 0 Å². The van der Waals surface area contributed by atoms with Crippen LogP contribution in [0.5, 0.6) is 0 Å². The minimum Gasteiger partial charge on any atom is -0.396 e. The van der Waals surface area contributed by atoms with E-state index in [1.165, 1.54) is 17.7 Å². The van der Waals surface area contributed by atoms with Gasteiger partial charge >= 0.3 is 0 Å². The van der Waals surface area contributed by atoms with Gasteiger partial charge in [-0.3, -0.25) is 0 Å². The van der Waals surface area contributed by atoms with Gasteiger partial charge < -0.3 is 9.67 Å². The molecule has 1 N–H and O–H groups in total. The minimum absolute atomic E-state index is 0.243. The average molecular weight is 295 g/mol. The molecule has 0 amide bonds. The zero-order valence-corrected chi connectivity index (χ0v) is 12.3. The summed E-state index contributed by atoms with van der Waals surface area (Å²) in [5.41, 5.74) is 0. The fourth-order valence-corrected chi connectivity index (χ4v) is 3.67. The van der Waals surface area contributed by atoms with E-state index in [0.717, 1.165) is 29.6 Å². The van der Waals surface area contributed by atoms with Gasteiger partial charge in [0.1, 0.15) is 5.82 Å². The molecule has 6 heteroatoms. The molecule has 0 spiro atoms. The van der Waals surface area contributed by atoms with E-state index < -0.39 is 0 Å². The van der Waals surface area contributed by atoms with E-state index in [1.807, 2.05) is 0 Å². The van der Waals surface area contributed by atoms with Gasteiger partial charge in [0.2, 0.25) is 0 Å². The number of aliphatic hydroxyl groups is 1. The largest absolute Gasteiger partial charge is 0.396 e. The zero-order valence-electron chi connectivity index (χ0n) is 10.7. The Hall–Kier alpha value is -0.850. The molecule has 3 rings (SSSR count). The third kappa shape index (κ3) is 3.19. The Morgan fingerprint density at radius 2 is 2.32 bits per heavy atom. The number of thiophene rings is 1. The van der Waals surface area contributed by atoms with E-state index in [-0.39, 0.29) is 6.61 Å². The van der Waals surface area contributed by atoms with Crippen LogP contribution in [0.2, 0.25) is 0 Å². The Balaban J connectivity index is 1.76. The third-order valence-electron chi connectivity index (χ3n) is 3.09. The average Bonchev–Trinajstić information content (AvgIpc) is 2.97. The minimum atomic E-state index is 0.243. The first-order chi connectivity index (χ1) is 9.38. The van der Waals surface area contributed by atoms with Gasteiger partial charge in [0.05, 0.1) is 0 Å². The van der Waals surface area contributed by atoms with Gasteiger partial charge in [-0.1, -0.05) is 17.8 Å². The summed E-state index contributed by atoms with van der Waals surface area (Å²) in [7, 11) is 0. The summed E-state index contributed by atoms with van der Waals surface area (Å²) in [5, 5.41) is 20.7. The SMILES string of the molecule is OCCCSc1nnc(Cc2cccs2)n1C1CC1. The highest BCUT2D eigenvalue weighted by Crippen LogP contribution is 2.39. The lowest BCUT2D eigenvalue weighted by Gasteiger charge is -2.07. The van der Waals surface area contributed by atoms with Gasteiger partial charge in [-0.05, 0) is 30.7 Å². The summed E-state index contributed by atoms with van der Waals surface area (Å²) in [5.74, 6) is 1.98. The summed E-state index contributed by atoms with van der Waals surface area (Å²) in [6.45, 7) is 0.243. The van der Waals surface area contributed by atoms with Crippen LogP contribution in [-0.4, -0.2) is 32.2 Å². The Kier molecular flexibility index (Phi) is 4.20. The lowest BCUT2D eigenvalue weighted by Crippen LogP contribution is -2.03. The van der Waals surface area contributed by atoms with Crippen molar-refractivity contribution in [1.29, 1.82) is 0 Å². The van der Waals surface area contributed by atoms with Crippen molar-refractivity contribution in [1.82, 2.24) is 14.8 Å². The summed E-state index contributed by atoms with van der Waals surface area (Å²) in [4.78, 5) is 1.33.